The van der Waals surface area contributed by atoms with Gasteiger partial charge in [0.05, 0.1) is 33.4 Å². The molecule has 0 saturated carbocycles. The third-order valence-electron chi connectivity index (χ3n) is 20.9. The molecule has 22 heteroatoms. The maximum Gasteiger partial charge on any atom is 0.494 e. The molecule has 2 fully saturated rings. The Morgan fingerprint density at radius 1 is 0.281 bits per heavy atom. The first-order valence-corrected chi connectivity index (χ1v) is 47.1. The van der Waals surface area contributed by atoms with Crippen LogP contribution in [0.3, 0.4) is 0 Å². The molecule has 114 heavy (non-hydrogen) atoms. The lowest BCUT2D eigenvalue weighted by Gasteiger charge is -2.32. The highest BCUT2D eigenvalue weighted by Gasteiger charge is 2.53. The molecule has 2 saturated heterocycles. The number of fused-ring (bicyclic) bond motifs is 3. The quantitative estimate of drug-likeness (QED) is 0.0897. The van der Waals surface area contributed by atoms with E-state index in [-0.39, 0.29) is 36.6 Å². The summed E-state index contributed by atoms with van der Waals surface area (Å²) in [6.07, 6.45) is 3.49. The van der Waals surface area contributed by atoms with Gasteiger partial charge in [0.1, 0.15) is 0 Å². The number of aryl methyl sites for hydroxylation is 1. The summed E-state index contributed by atoms with van der Waals surface area (Å²) < 4.78 is 41.6. The van der Waals surface area contributed by atoms with Crippen LogP contribution in [-0.2, 0) is 25.0 Å². The molecule has 580 valence electrons. The van der Waals surface area contributed by atoms with E-state index in [1.54, 1.807) is 0 Å². The van der Waals surface area contributed by atoms with Crippen molar-refractivity contribution in [2.45, 2.75) is 104 Å². The molecular formula is C92H76B2Br13N3O4. The van der Waals surface area contributed by atoms with E-state index in [0.717, 1.165) is 115 Å². The third kappa shape index (κ3) is 20.0. The van der Waals surface area contributed by atoms with Crippen LogP contribution in [0.2, 0.25) is 0 Å². The Labute approximate surface area is 778 Å². The molecule has 14 aromatic carbocycles. The van der Waals surface area contributed by atoms with Crippen LogP contribution in [0.1, 0.15) is 80.7 Å². The Bertz CT molecular complexity index is 5440. The Morgan fingerprint density at radius 2 is 0.544 bits per heavy atom. The fourth-order valence-electron chi connectivity index (χ4n) is 13.6. The summed E-state index contributed by atoms with van der Waals surface area (Å²) in [7, 11) is -0.779. The van der Waals surface area contributed by atoms with Crippen LogP contribution in [0.15, 0.2) is 319 Å². The van der Waals surface area contributed by atoms with Crippen LogP contribution in [0.25, 0.3) is 59.8 Å². The summed E-state index contributed by atoms with van der Waals surface area (Å²) >= 11 is 45.9. The van der Waals surface area contributed by atoms with E-state index in [1.807, 2.05) is 18.2 Å². The van der Waals surface area contributed by atoms with Gasteiger partial charge in [-0.1, -0.05) is 281 Å². The van der Waals surface area contributed by atoms with Gasteiger partial charge < -0.3 is 33.0 Å². The van der Waals surface area contributed by atoms with E-state index < -0.39 is 0 Å². The predicted molar refractivity (Wildman–Crippen MR) is 530 cm³/mol. The van der Waals surface area contributed by atoms with Crippen molar-refractivity contribution in [2.24, 2.45) is 0 Å². The summed E-state index contributed by atoms with van der Waals surface area (Å²) in [5.74, 6) is 0. The Kier molecular flexibility index (Phi) is 28.7. The molecule has 2 aliphatic heterocycles. The van der Waals surface area contributed by atoms with Crippen molar-refractivity contribution in [1.29, 1.82) is 0 Å². The Balaban J connectivity index is 0.000000133. The lowest BCUT2D eigenvalue weighted by atomic mass is 9.79. The van der Waals surface area contributed by atoms with Crippen molar-refractivity contribution in [1.82, 2.24) is 4.57 Å². The number of unbranched alkanes of at least 4 members (excludes halogenated alkanes) is 1. The van der Waals surface area contributed by atoms with Crippen LogP contribution in [0, 0.1) is 0 Å². The fraction of sp³-hybridized carbons (Fsp3) is 0.174. The number of hydrogen-bond acceptors (Lipinski definition) is 6. The fourth-order valence-corrected chi connectivity index (χ4v) is 20.6. The molecule has 0 bridgehead atoms. The largest absolute Gasteiger partial charge is 0.494 e. The smallest absolute Gasteiger partial charge is 0.399 e. The van der Waals surface area contributed by atoms with Crippen molar-refractivity contribution in [3.05, 3.63) is 325 Å². The zero-order valence-corrected chi connectivity index (χ0v) is 84.1. The molecule has 0 aliphatic carbocycles. The molecule has 0 unspecified atom stereocenters. The number of anilines is 6. The van der Waals surface area contributed by atoms with Crippen molar-refractivity contribution in [3.8, 4) is 5.69 Å². The zero-order chi connectivity index (χ0) is 81.3. The van der Waals surface area contributed by atoms with Crippen LogP contribution >= 0.6 is 207 Å². The molecule has 0 radical (unpaired) electrons. The van der Waals surface area contributed by atoms with E-state index >= 15 is 0 Å². The number of benzene rings is 14. The molecule has 3 heterocycles. The van der Waals surface area contributed by atoms with Gasteiger partial charge in [-0.2, -0.15) is 0 Å². The number of hydrogen-bond donors (Lipinski definition) is 0. The van der Waals surface area contributed by atoms with E-state index in [1.165, 1.54) is 72.5 Å². The average molecular weight is 2350 g/mol. The van der Waals surface area contributed by atoms with Crippen LogP contribution < -0.4 is 20.7 Å². The number of halogens is 13. The summed E-state index contributed by atoms with van der Waals surface area (Å²) in [5.41, 5.74) is 12.1. The van der Waals surface area contributed by atoms with Crippen LogP contribution in [0.5, 0.6) is 0 Å². The van der Waals surface area contributed by atoms with Crippen LogP contribution in [0.4, 0.5) is 34.1 Å². The van der Waals surface area contributed by atoms with Gasteiger partial charge in [0.25, 0.3) is 0 Å². The SMILES string of the molecule is Brc1cc(Br)c2ccc3c(Br)cc(Br)c4ccc1c2c43.Brc1cc(Br)cc(Br)c1.Brc1ccc(-n2c3ccc(Br)cc3c3cc(Br)ccc32)cc1.Brc1ccc(N(c2ccc(Br)cc2)c2ccc(Br)cc2)cc1.CCCCc1ccc(N(c2ccc(B3OC(C)(C)C(C)(C)O3)cc2)c2ccc(B3OC(C)(C)C(C)(C)O3)cc2)cc1. The van der Waals surface area contributed by atoms with Crippen molar-refractivity contribution in [3.63, 3.8) is 0 Å². The topological polar surface area (TPSA) is 48.3 Å². The molecule has 2 aliphatic rings. The van der Waals surface area contributed by atoms with Crippen LogP contribution in [-0.4, -0.2) is 41.2 Å². The second-order valence-electron chi connectivity index (χ2n) is 29.7. The molecular weight excluding hydrogens is 2270 g/mol. The van der Waals surface area contributed by atoms with E-state index in [4.69, 9.17) is 18.6 Å². The second-order valence-corrected chi connectivity index (χ2v) is 41.4. The molecule has 0 atom stereocenters. The van der Waals surface area contributed by atoms with Gasteiger partial charge in [-0.05, 0) is 317 Å². The second kappa shape index (κ2) is 37.4. The predicted octanol–water partition coefficient (Wildman–Crippen LogP) is 33.2. The number of nitrogens with zero attached hydrogens (tertiary/aromatic N) is 3. The molecule has 1 aromatic heterocycles. The van der Waals surface area contributed by atoms with E-state index in [2.05, 4.69) is 526 Å². The van der Waals surface area contributed by atoms with Crippen molar-refractivity contribution < 1.29 is 18.6 Å². The summed E-state index contributed by atoms with van der Waals surface area (Å²) in [4.78, 5) is 4.51. The van der Waals surface area contributed by atoms with Gasteiger partial charge in [0.15, 0.2) is 0 Å². The third-order valence-corrected chi connectivity index (χ3v) is 28.0. The average Bonchev–Trinajstić information content (AvgIpc) is 1.25. The Morgan fingerprint density at radius 3 is 0.833 bits per heavy atom. The molecule has 7 nitrogen and oxygen atoms in total. The summed E-state index contributed by atoms with van der Waals surface area (Å²) in [6, 6.07) is 91.1. The Hall–Kier alpha value is -4.27. The maximum absolute atomic E-state index is 6.30. The normalized spacial score (nSPS) is 14.4. The first-order valence-electron chi connectivity index (χ1n) is 36.8. The molecule has 15 aromatic rings. The number of aromatic nitrogens is 1. The minimum atomic E-state index is -0.389. The monoisotopic (exact) mass is 2330 g/mol. The first kappa shape index (κ1) is 87.5. The van der Waals surface area contributed by atoms with Gasteiger partial charge in [0, 0.05) is 109 Å². The molecule has 0 amide bonds. The van der Waals surface area contributed by atoms with Gasteiger partial charge in [-0.25, -0.2) is 0 Å². The lowest BCUT2D eigenvalue weighted by molar-refractivity contribution is 0.00578. The molecule has 17 rings (SSSR count). The van der Waals surface area contributed by atoms with Gasteiger partial charge >= 0.3 is 14.2 Å². The molecule has 0 spiro atoms. The highest BCUT2D eigenvalue weighted by atomic mass is 79.9. The summed E-state index contributed by atoms with van der Waals surface area (Å²) in [5, 5.41) is 10.0. The van der Waals surface area contributed by atoms with Crippen molar-refractivity contribution >= 4 is 320 Å². The highest BCUT2D eigenvalue weighted by Crippen LogP contribution is 2.47. The highest BCUT2D eigenvalue weighted by molar-refractivity contribution is 9.12. The van der Waals surface area contributed by atoms with E-state index in [9.17, 15) is 0 Å². The van der Waals surface area contributed by atoms with Crippen molar-refractivity contribution in [2.75, 3.05) is 9.80 Å². The minimum absolute atomic E-state index is 0.374. The zero-order valence-electron chi connectivity index (χ0n) is 63.5. The maximum atomic E-state index is 6.30. The standard InChI is InChI=1S/C34H45B2NO4.C18H10Br3N.C18H12Br3N.C16H6Br4.C6H3Br3/c1-10-11-12-25-13-19-28(20-14-25)37(29-21-15-26(16-22-29)35-38-31(2,3)32(4,5)39-35)30-23-17-27(18-24-30)36-40-33(6,7)34(8,9)41-36;19-11-1-5-14(6-2-11)22-17-7-3-12(20)9-15(17)16-10-13(21)4-8-18(16)22;19-13-1-7-16(8-2-13)22(17-9-3-14(20)4-10-17)18-11-5-15(21)6-12-18;17-11-5-13(19)9-3-4-10-14(20)6-12(18)8-2-1-7(11)15(9)16(8)10;7-4-1-5(8)3-6(9)2-4/h13-24H,10-12H2,1-9H3;1-10H;1-12H;1-6H;1-3H. The van der Waals surface area contributed by atoms with Gasteiger partial charge in [-0.15, -0.1) is 0 Å². The van der Waals surface area contributed by atoms with Gasteiger partial charge in [0.2, 0.25) is 0 Å². The van der Waals surface area contributed by atoms with Gasteiger partial charge in [-0.3, -0.25) is 0 Å². The minimum Gasteiger partial charge on any atom is -0.399 e. The molecule has 0 N–H and O–H groups in total. The number of rotatable bonds is 12. The first-order chi connectivity index (χ1) is 54.2. The lowest BCUT2D eigenvalue weighted by Crippen LogP contribution is -2.41. The van der Waals surface area contributed by atoms with E-state index in [0.29, 0.717) is 0 Å². The summed E-state index contributed by atoms with van der Waals surface area (Å²) in [6.45, 7) is 18.9.